The lowest BCUT2D eigenvalue weighted by Gasteiger charge is -2.05. The van der Waals surface area contributed by atoms with E-state index in [-0.39, 0.29) is 0 Å². The van der Waals surface area contributed by atoms with Gasteiger partial charge in [-0.25, -0.2) is 0 Å². The lowest BCUT2D eigenvalue weighted by Crippen LogP contribution is -2.08. The molecule has 0 saturated carbocycles. The van der Waals surface area contributed by atoms with Crippen molar-refractivity contribution in [2.24, 2.45) is 0 Å². The highest BCUT2D eigenvalue weighted by Gasteiger charge is 2.14. The first-order valence-corrected chi connectivity index (χ1v) is 6.74. The number of hydrogen-bond donors (Lipinski definition) is 0. The molecule has 0 N–H and O–H groups in total. The third-order valence-electron chi connectivity index (χ3n) is 2.61. The maximum absolute atomic E-state index is 5.86. The Morgan fingerprint density at radius 3 is 2.71 bits per heavy atom. The summed E-state index contributed by atoms with van der Waals surface area (Å²) in [4.78, 5) is 0. The zero-order valence-corrected chi connectivity index (χ0v) is 12.2. The van der Waals surface area contributed by atoms with E-state index < -0.39 is 0 Å². The van der Waals surface area contributed by atoms with Gasteiger partial charge < -0.3 is 0 Å². The largest absolute Gasteiger partial charge is 0.267 e. The molecule has 2 rings (SSSR count). The van der Waals surface area contributed by atoms with Crippen LogP contribution in [-0.2, 0) is 19.5 Å². The van der Waals surface area contributed by atoms with E-state index in [1.165, 1.54) is 0 Å². The molecule has 2 aromatic rings. The van der Waals surface area contributed by atoms with E-state index in [1.54, 1.807) is 6.20 Å². The molecule has 0 aliphatic heterocycles. The van der Waals surface area contributed by atoms with Gasteiger partial charge in [-0.1, -0.05) is 18.5 Å². The molecule has 6 heteroatoms. The molecule has 0 amide bonds. The van der Waals surface area contributed by atoms with Crippen LogP contribution < -0.4 is 0 Å². The summed E-state index contributed by atoms with van der Waals surface area (Å²) < 4.78 is 4.89. The van der Waals surface area contributed by atoms with Gasteiger partial charge in [-0.15, -0.1) is 0 Å². The van der Waals surface area contributed by atoms with Gasteiger partial charge in [0.25, 0.3) is 0 Å². The molecule has 0 fully saturated rings. The lowest BCUT2D eigenvalue weighted by molar-refractivity contribution is 0.573. The summed E-state index contributed by atoms with van der Waals surface area (Å²) in [5.74, 6) is 0. The summed E-state index contributed by atoms with van der Waals surface area (Å²) >= 11 is 9.47. The monoisotopic (exact) mass is 316 g/mol. The van der Waals surface area contributed by atoms with E-state index in [9.17, 15) is 0 Å². The van der Waals surface area contributed by atoms with Crippen LogP contribution in [-0.4, -0.2) is 19.6 Å². The first-order valence-electron chi connectivity index (χ1n) is 5.57. The molecule has 4 nitrogen and oxygen atoms in total. The van der Waals surface area contributed by atoms with Crippen molar-refractivity contribution in [2.45, 2.75) is 33.4 Å². The summed E-state index contributed by atoms with van der Waals surface area (Å²) in [6.45, 7) is 5.71. The Hall–Kier alpha value is -0.810. The highest BCUT2D eigenvalue weighted by Crippen LogP contribution is 2.23. The Labute approximate surface area is 114 Å². The van der Waals surface area contributed by atoms with Crippen molar-refractivity contribution < 1.29 is 0 Å². The van der Waals surface area contributed by atoms with Crippen molar-refractivity contribution in [3.63, 3.8) is 0 Å². The summed E-state index contributed by atoms with van der Waals surface area (Å²) in [6, 6.07) is 0. The van der Waals surface area contributed by atoms with E-state index in [2.05, 4.69) is 40.0 Å². The normalized spacial score (nSPS) is 11.1. The molecule has 2 heterocycles. The minimum Gasteiger partial charge on any atom is -0.267 e. The number of hydrogen-bond acceptors (Lipinski definition) is 2. The zero-order chi connectivity index (χ0) is 12.4. The summed E-state index contributed by atoms with van der Waals surface area (Å²) in [6.07, 6.45) is 4.37. The lowest BCUT2D eigenvalue weighted by atomic mass is 10.3. The summed E-state index contributed by atoms with van der Waals surface area (Å²) in [5.41, 5.74) is 2.21. The predicted molar refractivity (Wildman–Crippen MR) is 71.3 cm³/mol. The van der Waals surface area contributed by atoms with Crippen molar-refractivity contribution in [1.82, 2.24) is 19.6 Å². The van der Waals surface area contributed by atoms with Gasteiger partial charge in [-0.3, -0.25) is 9.36 Å². The van der Waals surface area contributed by atoms with Gasteiger partial charge in [0.1, 0.15) is 0 Å². The Morgan fingerprint density at radius 2 is 2.18 bits per heavy atom. The van der Waals surface area contributed by atoms with E-state index in [0.29, 0.717) is 11.6 Å². The Kier molecular flexibility index (Phi) is 3.89. The van der Waals surface area contributed by atoms with Crippen molar-refractivity contribution >= 4 is 27.5 Å². The number of aryl methyl sites for hydroxylation is 2. The van der Waals surface area contributed by atoms with Crippen LogP contribution in [0.25, 0.3) is 0 Å². The molecule has 0 aliphatic carbocycles. The van der Waals surface area contributed by atoms with Crippen LogP contribution in [0.2, 0.25) is 5.02 Å². The van der Waals surface area contributed by atoms with Crippen LogP contribution in [0, 0.1) is 0 Å². The van der Waals surface area contributed by atoms with Crippen LogP contribution in [0.1, 0.15) is 25.2 Å². The maximum Gasteiger partial charge on any atom is 0.0840 e. The third-order valence-corrected chi connectivity index (χ3v) is 3.72. The minimum atomic E-state index is 0.652. The molecule has 17 heavy (non-hydrogen) atoms. The highest BCUT2D eigenvalue weighted by molar-refractivity contribution is 9.10. The number of aromatic nitrogens is 4. The first-order chi connectivity index (χ1) is 8.15. The molecule has 0 saturated heterocycles. The Morgan fingerprint density at radius 1 is 1.41 bits per heavy atom. The zero-order valence-electron chi connectivity index (χ0n) is 9.82. The fraction of sp³-hybridized carbons (Fsp3) is 0.455. The smallest absolute Gasteiger partial charge is 0.0840 e. The van der Waals surface area contributed by atoms with Crippen LogP contribution in [0.3, 0.4) is 0 Å². The predicted octanol–water partition coefficient (Wildman–Crippen LogP) is 3.13. The second-order valence-corrected chi connectivity index (χ2v) is 4.96. The summed E-state index contributed by atoms with van der Waals surface area (Å²) in [7, 11) is 0. The number of halogens is 2. The average molecular weight is 318 g/mol. The molecule has 2 aromatic heterocycles. The number of rotatable bonds is 4. The molecule has 0 bridgehead atoms. The molecular weight excluding hydrogens is 304 g/mol. The van der Waals surface area contributed by atoms with Gasteiger partial charge in [0.05, 0.1) is 33.6 Å². The topological polar surface area (TPSA) is 35.6 Å². The van der Waals surface area contributed by atoms with E-state index in [4.69, 9.17) is 11.6 Å². The number of nitrogens with zero attached hydrogens (tertiary/aromatic N) is 4. The molecule has 0 aliphatic rings. The molecule has 0 radical (unpaired) electrons. The van der Waals surface area contributed by atoms with Gasteiger partial charge in [-0.2, -0.15) is 10.2 Å². The second-order valence-electron chi connectivity index (χ2n) is 3.73. The van der Waals surface area contributed by atoms with Crippen LogP contribution in [0.15, 0.2) is 16.9 Å². The Bertz CT molecular complexity index is 518. The van der Waals surface area contributed by atoms with Crippen molar-refractivity contribution in [2.75, 3.05) is 0 Å². The van der Waals surface area contributed by atoms with E-state index in [0.717, 1.165) is 28.8 Å². The second kappa shape index (κ2) is 5.23. The molecule has 92 valence electrons. The fourth-order valence-corrected chi connectivity index (χ4v) is 2.59. The summed E-state index contributed by atoms with van der Waals surface area (Å²) in [5, 5.41) is 9.38. The SMILES string of the molecule is CCc1nn(CC)c(Cn2cc(Cl)cn2)c1Br. The van der Waals surface area contributed by atoms with Crippen molar-refractivity contribution in [3.05, 3.63) is 33.3 Å². The van der Waals surface area contributed by atoms with Gasteiger partial charge in [-0.05, 0) is 29.3 Å². The van der Waals surface area contributed by atoms with Gasteiger partial charge >= 0.3 is 0 Å². The quantitative estimate of drug-likeness (QED) is 0.868. The van der Waals surface area contributed by atoms with Gasteiger partial charge in [0.15, 0.2) is 0 Å². The molecule has 0 aromatic carbocycles. The van der Waals surface area contributed by atoms with Crippen LogP contribution in [0.4, 0.5) is 0 Å². The molecule has 0 spiro atoms. The van der Waals surface area contributed by atoms with E-state index >= 15 is 0 Å². The third kappa shape index (κ3) is 2.55. The highest BCUT2D eigenvalue weighted by atomic mass is 79.9. The fourth-order valence-electron chi connectivity index (χ4n) is 1.75. The molecular formula is C11H14BrClN4. The molecule has 0 unspecified atom stereocenters. The van der Waals surface area contributed by atoms with Crippen molar-refractivity contribution in [3.8, 4) is 0 Å². The Balaban J connectivity index is 2.34. The van der Waals surface area contributed by atoms with Gasteiger partial charge in [0.2, 0.25) is 0 Å². The van der Waals surface area contributed by atoms with Crippen molar-refractivity contribution in [1.29, 1.82) is 0 Å². The standard InChI is InChI=1S/C11H14BrClN4/c1-3-9-11(12)10(17(4-2)15-9)7-16-6-8(13)5-14-16/h5-6H,3-4,7H2,1-2H3. The molecule has 0 atom stereocenters. The van der Waals surface area contributed by atoms with E-state index in [1.807, 2.05) is 15.6 Å². The van der Waals surface area contributed by atoms with Crippen LogP contribution in [0.5, 0.6) is 0 Å². The van der Waals surface area contributed by atoms with Gasteiger partial charge in [0, 0.05) is 12.7 Å². The maximum atomic E-state index is 5.86. The average Bonchev–Trinajstić information content (AvgIpc) is 2.85. The van der Waals surface area contributed by atoms with Crippen LogP contribution >= 0.6 is 27.5 Å². The first kappa shape index (κ1) is 12.6. The minimum absolute atomic E-state index is 0.652.